The molecule has 0 aliphatic heterocycles. The molecular weight excluding hydrogens is 302 g/mol. The van der Waals surface area contributed by atoms with Gasteiger partial charge in [-0.05, 0) is 36.9 Å². The van der Waals surface area contributed by atoms with Crippen LogP contribution in [-0.4, -0.2) is 43.4 Å². The van der Waals surface area contributed by atoms with Crippen molar-refractivity contribution in [1.82, 2.24) is 4.90 Å². The third kappa shape index (κ3) is 4.20. The van der Waals surface area contributed by atoms with Crippen LogP contribution in [0, 0.1) is 5.92 Å². The minimum atomic E-state index is -0.344. The SMILES string of the molecule is CC[C@@H](C)[C@@H](C(=O)OCC(=O)c1ccc2ccccc2c1)N(C)C. The zero-order valence-electron chi connectivity index (χ0n) is 14.8. The minimum absolute atomic E-state index is 0.170. The molecule has 0 bridgehead atoms. The highest BCUT2D eigenvalue weighted by atomic mass is 16.5. The maximum atomic E-state index is 12.3. The van der Waals surface area contributed by atoms with E-state index in [1.807, 2.05) is 69.2 Å². The molecule has 2 aromatic rings. The van der Waals surface area contributed by atoms with E-state index < -0.39 is 0 Å². The molecule has 2 rings (SSSR count). The van der Waals surface area contributed by atoms with Gasteiger partial charge >= 0.3 is 5.97 Å². The van der Waals surface area contributed by atoms with E-state index in [1.165, 1.54) is 0 Å². The molecule has 0 radical (unpaired) electrons. The van der Waals surface area contributed by atoms with Gasteiger partial charge in [0.2, 0.25) is 0 Å². The summed E-state index contributed by atoms with van der Waals surface area (Å²) < 4.78 is 5.29. The molecule has 0 aliphatic rings. The number of fused-ring (bicyclic) bond motifs is 1. The predicted molar refractivity (Wildman–Crippen MR) is 96.2 cm³/mol. The average Bonchev–Trinajstić information content (AvgIpc) is 2.58. The lowest BCUT2D eigenvalue weighted by atomic mass is 9.98. The van der Waals surface area contributed by atoms with Crippen molar-refractivity contribution in [3.63, 3.8) is 0 Å². The van der Waals surface area contributed by atoms with E-state index in [9.17, 15) is 9.59 Å². The molecular formula is C20H25NO3. The Hall–Kier alpha value is -2.20. The fourth-order valence-corrected chi connectivity index (χ4v) is 2.84. The second-order valence-corrected chi connectivity index (χ2v) is 6.39. The van der Waals surface area contributed by atoms with E-state index in [0.717, 1.165) is 17.2 Å². The number of esters is 1. The Morgan fingerprint density at radius 2 is 1.75 bits per heavy atom. The zero-order valence-corrected chi connectivity index (χ0v) is 14.8. The molecule has 128 valence electrons. The lowest BCUT2D eigenvalue weighted by molar-refractivity contribution is -0.149. The van der Waals surface area contributed by atoms with Gasteiger partial charge in [-0.3, -0.25) is 14.5 Å². The van der Waals surface area contributed by atoms with Crippen molar-refractivity contribution in [3.8, 4) is 0 Å². The van der Waals surface area contributed by atoms with Crippen LogP contribution in [0.4, 0.5) is 0 Å². The third-order valence-electron chi connectivity index (χ3n) is 4.40. The van der Waals surface area contributed by atoms with Crippen molar-refractivity contribution in [3.05, 3.63) is 48.0 Å². The largest absolute Gasteiger partial charge is 0.456 e. The number of carbonyl (C=O) groups is 2. The summed E-state index contributed by atoms with van der Waals surface area (Å²) in [6.07, 6.45) is 0.872. The number of likely N-dealkylation sites (N-methyl/N-ethyl adjacent to an activating group) is 1. The van der Waals surface area contributed by atoms with Crippen molar-refractivity contribution in [2.75, 3.05) is 20.7 Å². The summed E-state index contributed by atoms with van der Waals surface area (Å²) in [5.41, 5.74) is 0.562. The quantitative estimate of drug-likeness (QED) is 0.576. The van der Waals surface area contributed by atoms with Crippen molar-refractivity contribution in [2.24, 2.45) is 5.92 Å². The summed E-state index contributed by atoms with van der Waals surface area (Å²) in [4.78, 5) is 26.5. The van der Waals surface area contributed by atoms with Crippen LogP contribution in [0.15, 0.2) is 42.5 Å². The number of hydrogen-bond acceptors (Lipinski definition) is 4. The highest BCUT2D eigenvalue weighted by Crippen LogP contribution is 2.17. The van der Waals surface area contributed by atoms with Crippen LogP contribution >= 0.6 is 0 Å². The van der Waals surface area contributed by atoms with Crippen LogP contribution < -0.4 is 0 Å². The van der Waals surface area contributed by atoms with Gasteiger partial charge in [0.25, 0.3) is 0 Å². The number of benzene rings is 2. The Kier molecular flexibility index (Phi) is 6.10. The topological polar surface area (TPSA) is 46.6 Å². The molecule has 0 aliphatic carbocycles. The van der Waals surface area contributed by atoms with Gasteiger partial charge in [0.1, 0.15) is 6.04 Å². The van der Waals surface area contributed by atoms with Crippen molar-refractivity contribution in [2.45, 2.75) is 26.3 Å². The Morgan fingerprint density at radius 3 is 2.38 bits per heavy atom. The first-order chi connectivity index (χ1) is 11.4. The van der Waals surface area contributed by atoms with E-state index in [2.05, 4.69) is 0 Å². The van der Waals surface area contributed by atoms with Gasteiger partial charge in [0.05, 0.1) is 0 Å². The number of nitrogens with zero attached hydrogens (tertiary/aromatic N) is 1. The molecule has 4 heteroatoms. The molecule has 0 fully saturated rings. The van der Waals surface area contributed by atoms with Crippen LogP contribution in [0.2, 0.25) is 0 Å². The Bertz CT molecular complexity index is 724. The molecule has 0 saturated heterocycles. The first-order valence-corrected chi connectivity index (χ1v) is 8.29. The minimum Gasteiger partial charge on any atom is -0.456 e. The average molecular weight is 327 g/mol. The van der Waals surface area contributed by atoms with Crippen LogP contribution in [-0.2, 0) is 9.53 Å². The first-order valence-electron chi connectivity index (χ1n) is 8.29. The summed E-state index contributed by atoms with van der Waals surface area (Å²) in [7, 11) is 3.70. The van der Waals surface area contributed by atoms with Crippen LogP contribution in [0.1, 0.15) is 30.6 Å². The maximum absolute atomic E-state index is 12.3. The molecule has 0 amide bonds. The van der Waals surface area contributed by atoms with Gasteiger partial charge in [-0.2, -0.15) is 0 Å². The van der Waals surface area contributed by atoms with Gasteiger partial charge < -0.3 is 4.74 Å². The number of hydrogen-bond donors (Lipinski definition) is 0. The van der Waals surface area contributed by atoms with Crippen molar-refractivity contribution in [1.29, 1.82) is 0 Å². The molecule has 2 atom stereocenters. The van der Waals surface area contributed by atoms with Crippen molar-refractivity contribution < 1.29 is 14.3 Å². The smallest absolute Gasteiger partial charge is 0.324 e. The normalized spacial score (nSPS) is 13.7. The second-order valence-electron chi connectivity index (χ2n) is 6.39. The predicted octanol–water partition coefficient (Wildman–Crippen LogP) is 3.54. The fraction of sp³-hybridized carbons (Fsp3) is 0.400. The van der Waals surface area contributed by atoms with Gasteiger partial charge in [0, 0.05) is 5.56 Å². The molecule has 0 saturated carbocycles. The first kappa shape index (κ1) is 18.1. The van der Waals surface area contributed by atoms with Gasteiger partial charge in [0.15, 0.2) is 12.4 Å². The molecule has 24 heavy (non-hydrogen) atoms. The van der Waals surface area contributed by atoms with Gasteiger partial charge in [-0.1, -0.05) is 56.7 Å². The Morgan fingerprint density at radius 1 is 1.08 bits per heavy atom. The lowest BCUT2D eigenvalue weighted by Gasteiger charge is -2.27. The van der Waals surface area contributed by atoms with Crippen LogP contribution in [0.5, 0.6) is 0 Å². The van der Waals surface area contributed by atoms with Crippen LogP contribution in [0.25, 0.3) is 10.8 Å². The molecule has 0 spiro atoms. The number of Topliss-reactive ketones (excluding diaryl/α,β-unsaturated/α-hetero) is 1. The highest BCUT2D eigenvalue weighted by Gasteiger charge is 2.28. The van der Waals surface area contributed by atoms with E-state index in [1.54, 1.807) is 6.07 Å². The molecule has 0 aromatic heterocycles. The Balaban J connectivity index is 2.04. The molecule has 2 aromatic carbocycles. The number of carbonyl (C=O) groups excluding carboxylic acids is 2. The molecule has 0 unspecified atom stereocenters. The zero-order chi connectivity index (χ0) is 17.7. The number of rotatable bonds is 7. The second kappa shape index (κ2) is 8.06. The Labute approximate surface area is 143 Å². The molecule has 4 nitrogen and oxygen atoms in total. The third-order valence-corrected chi connectivity index (χ3v) is 4.40. The monoisotopic (exact) mass is 327 g/mol. The lowest BCUT2D eigenvalue weighted by Crippen LogP contribution is -2.42. The summed E-state index contributed by atoms with van der Waals surface area (Å²) in [5, 5.41) is 2.08. The van der Waals surface area contributed by atoms with Crippen LogP contribution in [0.3, 0.4) is 0 Å². The standard InChI is InChI=1S/C20H25NO3/c1-5-14(2)19(21(3)4)20(23)24-13-18(22)17-11-10-15-8-6-7-9-16(15)12-17/h6-12,14,19H,5,13H2,1-4H3/t14-,19+/m1/s1. The van der Waals surface area contributed by atoms with Gasteiger partial charge in [-0.15, -0.1) is 0 Å². The van der Waals surface area contributed by atoms with E-state index in [-0.39, 0.29) is 30.3 Å². The summed E-state index contributed by atoms with van der Waals surface area (Å²) >= 11 is 0. The maximum Gasteiger partial charge on any atom is 0.324 e. The van der Waals surface area contributed by atoms with E-state index in [4.69, 9.17) is 4.74 Å². The summed E-state index contributed by atoms with van der Waals surface area (Å²) in [6.45, 7) is 3.82. The summed E-state index contributed by atoms with van der Waals surface area (Å²) in [6, 6.07) is 13.0. The molecule has 0 heterocycles. The number of ketones is 1. The fourth-order valence-electron chi connectivity index (χ4n) is 2.84. The van der Waals surface area contributed by atoms with Crippen molar-refractivity contribution >= 4 is 22.5 Å². The highest BCUT2D eigenvalue weighted by molar-refractivity contribution is 6.01. The van der Waals surface area contributed by atoms with Gasteiger partial charge in [-0.25, -0.2) is 0 Å². The molecule has 0 N–H and O–H groups in total. The summed E-state index contributed by atoms with van der Waals surface area (Å²) in [5.74, 6) is -0.359. The van der Waals surface area contributed by atoms with E-state index in [0.29, 0.717) is 5.56 Å². The van der Waals surface area contributed by atoms with E-state index >= 15 is 0 Å². The number of ether oxygens (including phenoxy) is 1.